The van der Waals surface area contributed by atoms with Crippen molar-refractivity contribution < 1.29 is 0 Å². The predicted molar refractivity (Wildman–Crippen MR) is 73.9 cm³/mol. The Morgan fingerprint density at radius 3 is 2.50 bits per heavy atom. The Morgan fingerprint density at radius 1 is 1.17 bits per heavy atom. The van der Waals surface area contributed by atoms with Crippen molar-refractivity contribution in [3.63, 3.8) is 0 Å². The maximum Gasteiger partial charge on any atom is 0.223 e. The van der Waals surface area contributed by atoms with Gasteiger partial charge < -0.3 is 5.73 Å². The van der Waals surface area contributed by atoms with Crippen molar-refractivity contribution in [2.24, 2.45) is 0 Å². The standard InChI is InChI=1S/C12H14BrN5/c1-12(2,3)10-16-9(17-11(14)18-10)8-7(13)5-4-6-15-8/h4-6H,1-3H3,(H2,14,16,17,18). The van der Waals surface area contributed by atoms with Crippen LogP contribution >= 0.6 is 15.9 Å². The van der Waals surface area contributed by atoms with Crippen LogP contribution in [0.5, 0.6) is 0 Å². The third-order valence-corrected chi connectivity index (χ3v) is 2.93. The lowest BCUT2D eigenvalue weighted by Crippen LogP contribution is -2.18. The van der Waals surface area contributed by atoms with Crippen molar-refractivity contribution in [2.75, 3.05) is 5.73 Å². The van der Waals surface area contributed by atoms with Gasteiger partial charge in [0.05, 0.1) is 0 Å². The number of hydrogen-bond acceptors (Lipinski definition) is 5. The molecule has 2 aromatic heterocycles. The van der Waals surface area contributed by atoms with Gasteiger partial charge in [0.1, 0.15) is 11.5 Å². The second kappa shape index (κ2) is 4.61. The molecule has 0 aromatic carbocycles. The Kier molecular flexibility index (Phi) is 3.30. The first-order valence-electron chi connectivity index (χ1n) is 5.51. The predicted octanol–water partition coefficient (Wildman–Crippen LogP) is 2.58. The van der Waals surface area contributed by atoms with Gasteiger partial charge in [-0.2, -0.15) is 9.97 Å². The summed E-state index contributed by atoms with van der Waals surface area (Å²) in [5.74, 6) is 1.35. The van der Waals surface area contributed by atoms with Crippen molar-refractivity contribution in [3.05, 3.63) is 28.6 Å². The van der Waals surface area contributed by atoms with Gasteiger partial charge in [-0.05, 0) is 28.1 Å². The molecule has 0 saturated carbocycles. The average molecular weight is 308 g/mol. The molecule has 0 unspecified atom stereocenters. The fraction of sp³-hybridized carbons (Fsp3) is 0.333. The highest BCUT2D eigenvalue weighted by atomic mass is 79.9. The van der Waals surface area contributed by atoms with Crippen LogP contribution in [0.25, 0.3) is 11.5 Å². The molecule has 0 fully saturated rings. The minimum atomic E-state index is -0.187. The van der Waals surface area contributed by atoms with Gasteiger partial charge in [-0.1, -0.05) is 20.8 Å². The Hall–Kier alpha value is -1.56. The van der Waals surface area contributed by atoms with E-state index >= 15 is 0 Å². The van der Waals surface area contributed by atoms with Crippen molar-refractivity contribution in [1.82, 2.24) is 19.9 Å². The van der Waals surface area contributed by atoms with Gasteiger partial charge in [0, 0.05) is 16.1 Å². The maximum absolute atomic E-state index is 5.74. The van der Waals surface area contributed by atoms with Crippen LogP contribution in [-0.4, -0.2) is 19.9 Å². The first-order valence-corrected chi connectivity index (χ1v) is 6.30. The van der Waals surface area contributed by atoms with Gasteiger partial charge in [-0.15, -0.1) is 0 Å². The lowest BCUT2D eigenvalue weighted by molar-refractivity contribution is 0.544. The van der Waals surface area contributed by atoms with E-state index in [1.807, 2.05) is 32.9 Å². The summed E-state index contributed by atoms with van der Waals surface area (Å²) in [5.41, 5.74) is 6.21. The Balaban J connectivity index is 2.60. The molecule has 2 N–H and O–H groups in total. The topological polar surface area (TPSA) is 77.6 Å². The molecule has 0 radical (unpaired) electrons. The highest BCUT2D eigenvalue weighted by molar-refractivity contribution is 9.10. The third kappa shape index (κ3) is 2.64. The summed E-state index contributed by atoms with van der Waals surface area (Å²) in [6.45, 7) is 6.08. The number of hydrogen-bond donors (Lipinski definition) is 1. The summed E-state index contributed by atoms with van der Waals surface area (Å²) < 4.78 is 0.829. The van der Waals surface area contributed by atoms with Gasteiger partial charge in [-0.3, -0.25) is 4.98 Å². The highest BCUT2D eigenvalue weighted by Crippen LogP contribution is 2.25. The van der Waals surface area contributed by atoms with Crippen molar-refractivity contribution in [1.29, 1.82) is 0 Å². The SMILES string of the molecule is CC(C)(C)c1nc(N)nc(-c2ncccc2Br)n1. The maximum atomic E-state index is 5.74. The van der Waals surface area contributed by atoms with Crippen LogP contribution in [0.3, 0.4) is 0 Å². The zero-order chi connectivity index (χ0) is 13.3. The first kappa shape index (κ1) is 12.9. The number of nitrogens with two attached hydrogens (primary N) is 1. The summed E-state index contributed by atoms with van der Waals surface area (Å²) in [6.07, 6.45) is 1.69. The molecule has 18 heavy (non-hydrogen) atoms. The summed E-state index contributed by atoms with van der Waals surface area (Å²) in [5, 5.41) is 0. The van der Waals surface area contributed by atoms with Gasteiger partial charge in [0.15, 0.2) is 5.82 Å². The van der Waals surface area contributed by atoms with Gasteiger partial charge >= 0.3 is 0 Å². The van der Waals surface area contributed by atoms with E-state index in [-0.39, 0.29) is 11.4 Å². The minimum absolute atomic E-state index is 0.187. The molecule has 2 aromatic rings. The molecular formula is C12H14BrN5. The molecule has 0 aliphatic rings. The Bertz CT molecular complexity index is 577. The summed E-state index contributed by atoms with van der Waals surface area (Å²) in [4.78, 5) is 17.0. The second-order valence-electron chi connectivity index (χ2n) is 4.92. The third-order valence-electron chi connectivity index (χ3n) is 2.29. The van der Waals surface area contributed by atoms with E-state index in [9.17, 15) is 0 Å². The molecule has 2 rings (SSSR count). The number of nitrogens with zero attached hydrogens (tertiary/aromatic N) is 4. The Morgan fingerprint density at radius 2 is 1.89 bits per heavy atom. The monoisotopic (exact) mass is 307 g/mol. The summed E-state index contributed by atoms with van der Waals surface area (Å²) >= 11 is 3.43. The van der Waals surface area contributed by atoms with Crippen LogP contribution in [-0.2, 0) is 5.41 Å². The molecule has 0 spiro atoms. The number of pyridine rings is 1. The van der Waals surface area contributed by atoms with Crippen molar-refractivity contribution >= 4 is 21.9 Å². The van der Waals surface area contributed by atoms with Crippen LogP contribution < -0.4 is 5.73 Å². The molecule has 94 valence electrons. The van der Waals surface area contributed by atoms with E-state index in [0.717, 1.165) is 4.47 Å². The minimum Gasteiger partial charge on any atom is -0.368 e. The number of halogens is 1. The molecule has 2 heterocycles. The van der Waals surface area contributed by atoms with Crippen LogP contribution in [0.2, 0.25) is 0 Å². The quantitative estimate of drug-likeness (QED) is 0.876. The molecule has 6 heteroatoms. The normalized spacial score (nSPS) is 11.6. The first-order chi connectivity index (χ1) is 8.38. The van der Waals surface area contributed by atoms with E-state index in [4.69, 9.17) is 5.73 Å². The number of anilines is 1. The zero-order valence-electron chi connectivity index (χ0n) is 10.5. The lowest BCUT2D eigenvalue weighted by atomic mass is 9.96. The summed E-state index contributed by atoms with van der Waals surface area (Å²) in [7, 11) is 0. The number of rotatable bonds is 1. The van der Waals surface area contributed by atoms with Crippen molar-refractivity contribution in [3.8, 4) is 11.5 Å². The Labute approximate surface area is 114 Å². The van der Waals surface area contributed by atoms with Gasteiger partial charge in [-0.25, -0.2) is 4.98 Å². The van der Waals surface area contributed by atoms with E-state index in [1.165, 1.54) is 0 Å². The largest absolute Gasteiger partial charge is 0.368 e. The van der Waals surface area contributed by atoms with Crippen LogP contribution in [0.1, 0.15) is 26.6 Å². The lowest BCUT2D eigenvalue weighted by Gasteiger charge is -2.17. The molecule has 5 nitrogen and oxygen atoms in total. The van der Waals surface area contributed by atoms with Crippen LogP contribution in [0.15, 0.2) is 22.8 Å². The molecule has 0 aliphatic carbocycles. The van der Waals surface area contributed by atoms with E-state index in [1.54, 1.807) is 6.20 Å². The summed E-state index contributed by atoms with van der Waals surface area (Å²) in [6, 6.07) is 3.72. The zero-order valence-corrected chi connectivity index (χ0v) is 12.1. The van der Waals surface area contributed by atoms with E-state index in [0.29, 0.717) is 17.3 Å². The second-order valence-corrected chi connectivity index (χ2v) is 5.78. The molecule has 0 aliphatic heterocycles. The molecule has 0 bridgehead atoms. The van der Waals surface area contributed by atoms with Crippen molar-refractivity contribution in [2.45, 2.75) is 26.2 Å². The average Bonchev–Trinajstić information content (AvgIpc) is 2.27. The van der Waals surface area contributed by atoms with Gasteiger partial charge in [0.2, 0.25) is 5.95 Å². The van der Waals surface area contributed by atoms with Crippen LogP contribution in [0, 0.1) is 0 Å². The van der Waals surface area contributed by atoms with E-state index < -0.39 is 0 Å². The van der Waals surface area contributed by atoms with E-state index in [2.05, 4.69) is 35.9 Å². The smallest absolute Gasteiger partial charge is 0.223 e. The highest BCUT2D eigenvalue weighted by Gasteiger charge is 2.20. The molecule has 0 saturated heterocycles. The molecule has 0 amide bonds. The van der Waals surface area contributed by atoms with Crippen LogP contribution in [0.4, 0.5) is 5.95 Å². The number of nitrogen functional groups attached to an aromatic ring is 1. The molecule has 0 atom stereocenters. The van der Waals surface area contributed by atoms with Gasteiger partial charge in [0.25, 0.3) is 0 Å². The fourth-order valence-electron chi connectivity index (χ4n) is 1.38. The fourth-order valence-corrected chi connectivity index (χ4v) is 1.82. The number of aromatic nitrogens is 4. The molecular weight excluding hydrogens is 294 g/mol.